The van der Waals surface area contributed by atoms with Gasteiger partial charge < -0.3 is 15.8 Å². The first-order valence-electron chi connectivity index (χ1n) is 5.22. The van der Waals surface area contributed by atoms with Gasteiger partial charge in [0.05, 0.1) is 0 Å². The van der Waals surface area contributed by atoms with E-state index in [1.54, 1.807) is 5.32 Å². The van der Waals surface area contributed by atoms with Crippen molar-refractivity contribution >= 4 is 17.5 Å². The van der Waals surface area contributed by atoms with Crippen molar-refractivity contribution in [3.8, 4) is 5.75 Å². The van der Waals surface area contributed by atoms with Crippen molar-refractivity contribution in [2.24, 2.45) is 5.73 Å². The number of hydrogen-bond acceptors (Lipinski definition) is 3. The predicted octanol–water partition coefficient (Wildman–Crippen LogP) is 1.39. The SMILES string of the molecule is NC(=O)COc1cccc(NC(=O)C(F)(F)C(F)F)c1. The first-order chi connectivity index (χ1) is 9.23. The Balaban J connectivity index is 2.76. The molecule has 0 radical (unpaired) electrons. The highest BCUT2D eigenvalue weighted by Gasteiger charge is 2.48. The molecule has 1 rings (SSSR count). The molecule has 3 N–H and O–H groups in total. The number of anilines is 1. The van der Waals surface area contributed by atoms with Gasteiger partial charge in [-0.3, -0.25) is 9.59 Å². The van der Waals surface area contributed by atoms with Crippen LogP contribution in [0, 0.1) is 0 Å². The number of ether oxygens (including phenoxy) is 1. The maximum Gasteiger partial charge on any atom is 0.383 e. The molecule has 0 unspecified atom stereocenters. The molecule has 1 aromatic rings. The molecule has 2 amide bonds. The Morgan fingerprint density at radius 2 is 2.00 bits per heavy atom. The van der Waals surface area contributed by atoms with Crippen LogP contribution in [0.15, 0.2) is 24.3 Å². The molecule has 0 atom stereocenters. The van der Waals surface area contributed by atoms with Crippen LogP contribution >= 0.6 is 0 Å². The number of amides is 2. The smallest absolute Gasteiger partial charge is 0.383 e. The van der Waals surface area contributed by atoms with Crippen LogP contribution in [0.4, 0.5) is 23.2 Å². The van der Waals surface area contributed by atoms with Crippen molar-refractivity contribution in [3.05, 3.63) is 24.3 Å². The second-order valence-electron chi connectivity index (χ2n) is 3.66. The molecule has 0 spiro atoms. The van der Waals surface area contributed by atoms with E-state index in [4.69, 9.17) is 10.5 Å². The molecule has 20 heavy (non-hydrogen) atoms. The van der Waals surface area contributed by atoms with Crippen molar-refractivity contribution in [1.29, 1.82) is 0 Å². The van der Waals surface area contributed by atoms with Crippen molar-refractivity contribution in [2.45, 2.75) is 12.3 Å². The van der Waals surface area contributed by atoms with Gasteiger partial charge in [0, 0.05) is 11.8 Å². The van der Waals surface area contributed by atoms with Crippen LogP contribution in [0.3, 0.4) is 0 Å². The lowest BCUT2D eigenvalue weighted by atomic mass is 10.2. The number of alkyl halides is 4. The van der Waals surface area contributed by atoms with E-state index in [0.29, 0.717) is 0 Å². The van der Waals surface area contributed by atoms with Crippen LogP contribution in [0.25, 0.3) is 0 Å². The molecule has 0 aromatic heterocycles. The van der Waals surface area contributed by atoms with Gasteiger partial charge in [-0.05, 0) is 12.1 Å². The molecule has 0 fully saturated rings. The van der Waals surface area contributed by atoms with Gasteiger partial charge in [0.1, 0.15) is 5.75 Å². The predicted molar refractivity (Wildman–Crippen MR) is 60.7 cm³/mol. The number of hydrogen-bond donors (Lipinski definition) is 2. The van der Waals surface area contributed by atoms with E-state index < -0.39 is 30.8 Å². The molecule has 5 nitrogen and oxygen atoms in total. The van der Waals surface area contributed by atoms with Gasteiger partial charge >= 0.3 is 18.3 Å². The number of nitrogens with two attached hydrogens (primary N) is 1. The zero-order valence-electron chi connectivity index (χ0n) is 9.91. The molecule has 0 saturated carbocycles. The zero-order valence-corrected chi connectivity index (χ0v) is 9.91. The molecule has 110 valence electrons. The highest BCUT2D eigenvalue weighted by atomic mass is 19.3. The van der Waals surface area contributed by atoms with Crippen LogP contribution in [0.1, 0.15) is 0 Å². The quantitative estimate of drug-likeness (QED) is 0.778. The molecule has 0 bridgehead atoms. The molecule has 0 saturated heterocycles. The van der Waals surface area contributed by atoms with Crippen molar-refractivity contribution < 1.29 is 31.9 Å². The number of nitrogens with one attached hydrogen (secondary N) is 1. The normalized spacial score (nSPS) is 11.2. The van der Waals surface area contributed by atoms with Crippen LogP contribution < -0.4 is 15.8 Å². The Morgan fingerprint density at radius 1 is 1.35 bits per heavy atom. The second-order valence-corrected chi connectivity index (χ2v) is 3.66. The molecule has 0 aliphatic rings. The van der Waals surface area contributed by atoms with Gasteiger partial charge in [-0.2, -0.15) is 8.78 Å². The molecular weight excluding hydrogens is 284 g/mol. The largest absolute Gasteiger partial charge is 0.484 e. The third kappa shape index (κ3) is 4.11. The van der Waals surface area contributed by atoms with Gasteiger partial charge in [-0.15, -0.1) is 0 Å². The maximum atomic E-state index is 12.7. The van der Waals surface area contributed by atoms with Crippen LogP contribution in [-0.4, -0.2) is 30.8 Å². The average molecular weight is 294 g/mol. The summed E-state index contributed by atoms with van der Waals surface area (Å²) in [5.41, 5.74) is 4.65. The molecule has 0 aliphatic heterocycles. The Kier molecular flexibility index (Phi) is 4.89. The minimum atomic E-state index is -4.80. The summed E-state index contributed by atoms with van der Waals surface area (Å²) in [6.07, 6.45) is -4.11. The number of benzene rings is 1. The van der Waals surface area contributed by atoms with Crippen molar-refractivity contribution in [1.82, 2.24) is 0 Å². The summed E-state index contributed by atoms with van der Waals surface area (Å²) in [5, 5.41) is 1.63. The summed E-state index contributed by atoms with van der Waals surface area (Å²) in [6.45, 7) is -0.454. The van der Waals surface area contributed by atoms with E-state index in [9.17, 15) is 27.2 Å². The molecular formula is C11H10F4N2O3. The number of halogens is 4. The first kappa shape index (κ1) is 15.7. The number of rotatable bonds is 6. The fourth-order valence-electron chi connectivity index (χ4n) is 1.13. The van der Waals surface area contributed by atoms with Gasteiger partial charge in [-0.1, -0.05) is 6.07 Å². The lowest BCUT2D eigenvalue weighted by molar-refractivity contribution is -0.163. The molecule has 0 aliphatic carbocycles. The van der Waals surface area contributed by atoms with Crippen LogP contribution in [0.2, 0.25) is 0 Å². The summed E-state index contributed by atoms with van der Waals surface area (Å²) in [4.78, 5) is 21.5. The van der Waals surface area contributed by atoms with Gasteiger partial charge in [0.25, 0.3) is 5.91 Å². The minimum absolute atomic E-state index is 0.0574. The van der Waals surface area contributed by atoms with E-state index >= 15 is 0 Å². The topological polar surface area (TPSA) is 81.4 Å². The summed E-state index contributed by atoms with van der Waals surface area (Å²) in [5.74, 6) is -7.64. The molecule has 9 heteroatoms. The zero-order chi connectivity index (χ0) is 15.3. The Bertz CT molecular complexity index is 508. The highest BCUT2D eigenvalue weighted by Crippen LogP contribution is 2.25. The summed E-state index contributed by atoms with van der Waals surface area (Å²) in [6, 6.07) is 4.95. The van der Waals surface area contributed by atoms with E-state index in [1.165, 1.54) is 18.2 Å². The lowest BCUT2D eigenvalue weighted by Gasteiger charge is -2.15. The van der Waals surface area contributed by atoms with E-state index in [0.717, 1.165) is 6.07 Å². The van der Waals surface area contributed by atoms with Crippen molar-refractivity contribution in [2.75, 3.05) is 11.9 Å². The third-order valence-corrected chi connectivity index (χ3v) is 2.05. The highest BCUT2D eigenvalue weighted by molar-refractivity contribution is 5.96. The Morgan fingerprint density at radius 3 is 2.55 bits per heavy atom. The average Bonchev–Trinajstić information content (AvgIpc) is 2.36. The van der Waals surface area contributed by atoms with E-state index in [1.807, 2.05) is 0 Å². The van der Waals surface area contributed by atoms with Gasteiger partial charge in [0.15, 0.2) is 6.61 Å². The fourth-order valence-corrected chi connectivity index (χ4v) is 1.13. The summed E-state index contributed by atoms with van der Waals surface area (Å²) in [7, 11) is 0. The Labute approximate surface area is 110 Å². The third-order valence-electron chi connectivity index (χ3n) is 2.05. The van der Waals surface area contributed by atoms with E-state index in [2.05, 4.69) is 0 Å². The summed E-state index contributed by atoms with van der Waals surface area (Å²) >= 11 is 0. The maximum absolute atomic E-state index is 12.7. The van der Waals surface area contributed by atoms with Gasteiger partial charge in [-0.25, -0.2) is 8.78 Å². The monoisotopic (exact) mass is 294 g/mol. The van der Waals surface area contributed by atoms with E-state index in [-0.39, 0.29) is 11.4 Å². The minimum Gasteiger partial charge on any atom is -0.484 e. The van der Waals surface area contributed by atoms with Crippen molar-refractivity contribution in [3.63, 3.8) is 0 Å². The second kappa shape index (κ2) is 6.22. The van der Waals surface area contributed by atoms with Crippen LogP contribution in [-0.2, 0) is 9.59 Å². The molecule has 0 heterocycles. The number of primary amides is 1. The Hall–Kier alpha value is -2.32. The van der Waals surface area contributed by atoms with Crippen LogP contribution in [0.5, 0.6) is 5.75 Å². The first-order valence-corrected chi connectivity index (χ1v) is 5.22. The molecule has 1 aromatic carbocycles. The lowest BCUT2D eigenvalue weighted by Crippen LogP contribution is -2.40. The summed E-state index contributed by atoms with van der Waals surface area (Å²) < 4.78 is 54.2. The number of carbonyl (C=O) groups is 2. The van der Waals surface area contributed by atoms with Gasteiger partial charge in [0.2, 0.25) is 0 Å². The number of carbonyl (C=O) groups excluding carboxylic acids is 2. The fraction of sp³-hybridized carbons (Fsp3) is 0.273. The standard InChI is InChI=1S/C11H10F4N2O3/c12-9(13)11(14,15)10(19)17-6-2-1-3-7(4-6)20-5-8(16)18/h1-4,9H,5H2,(H2,16,18)(H,17,19).